The highest BCUT2D eigenvalue weighted by atomic mass is 35.5. The average Bonchev–Trinajstić information content (AvgIpc) is 2.82. The predicted molar refractivity (Wildman–Crippen MR) is 103 cm³/mol. The predicted octanol–water partition coefficient (Wildman–Crippen LogP) is 2.91. The monoisotopic (exact) mass is 408 g/mol. The van der Waals surface area contributed by atoms with Crippen molar-refractivity contribution in [3.05, 3.63) is 53.1 Å². The summed E-state index contributed by atoms with van der Waals surface area (Å²) >= 11 is 6.18. The van der Waals surface area contributed by atoms with Crippen molar-refractivity contribution in [1.82, 2.24) is 0 Å². The van der Waals surface area contributed by atoms with Crippen LogP contribution in [0.1, 0.15) is 17.3 Å². The van der Waals surface area contributed by atoms with Crippen molar-refractivity contribution in [2.75, 3.05) is 22.5 Å². The molecule has 2 aromatic rings. The summed E-state index contributed by atoms with van der Waals surface area (Å²) in [4.78, 5) is 24.6. The Hall–Kier alpha value is -2.58. The SMILES string of the molecule is COc1ccc(NC(=O)c2ccc(N3C(=O)[C@H](C)CS3(=O)=O)cc2Cl)cc1. The second-order valence-corrected chi connectivity index (χ2v) is 8.40. The van der Waals surface area contributed by atoms with E-state index >= 15 is 0 Å². The van der Waals surface area contributed by atoms with Gasteiger partial charge in [0, 0.05) is 5.69 Å². The summed E-state index contributed by atoms with van der Waals surface area (Å²) in [6.07, 6.45) is 0. The van der Waals surface area contributed by atoms with Gasteiger partial charge in [-0.15, -0.1) is 0 Å². The van der Waals surface area contributed by atoms with Crippen LogP contribution in [0.25, 0.3) is 0 Å². The molecule has 1 N–H and O–H groups in total. The summed E-state index contributed by atoms with van der Waals surface area (Å²) in [6, 6.07) is 10.8. The van der Waals surface area contributed by atoms with Gasteiger partial charge in [0.15, 0.2) is 0 Å². The van der Waals surface area contributed by atoms with Gasteiger partial charge in [0.05, 0.1) is 35.1 Å². The molecule has 3 rings (SSSR count). The molecule has 9 heteroatoms. The summed E-state index contributed by atoms with van der Waals surface area (Å²) in [6.45, 7) is 1.55. The van der Waals surface area contributed by atoms with Gasteiger partial charge in [-0.1, -0.05) is 18.5 Å². The number of nitrogens with zero attached hydrogens (tertiary/aromatic N) is 1. The zero-order chi connectivity index (χ0) is 19.8. The largest absolute Gasteiger partial charge is 0.497 e. The number of sulfonamides is 1. The van der Waals surface area contributed by atoms with Gasteiger partial charge in [-0.25, -0.2) is 12.7 Å². The zero-order valence-corrected chi connectivity index (χ0v) is 16.2. The highest BCUT2D eigenvalue weighted by Crippen LogP contribution is 2.31. The third-order valence-electron chi connectivity index (χ3n) is 4.14. The maximum Gasteiger partial charge on any atom is 0.257 e. The molecule has 1 fully saturated rings. The molecule has 0 radical (unpaired) electrons. The molecule has 1 atom stereocenters. The average molecular weight is 409 g/mol. The Morgan fingerprint density at radius 1 is 1.22 bits per heavy atom. The van der Waals surface area contributed by atoms with E-state index in [0.29, 0.717) is 11.4 Å². The van der Waals surface area contributed by atoms with Crippen LogP contribution in [-0.4, -0.2) is 33.1 Å². The van der Waals surface area contributed by atoms with Crippen molar-refractivity contribution in [1.29, 1.82) is 0 Å². The third kappa shape index (κ3) is 3.77. The number of anilines is 2. The first-order valence-corrected chi connectivity index (χ1v) is 10.0. The standard InChI is InChI=1S/C18H17ClN2O5S/c1-11-10-27(24,25)21(18(11)23)13-5-8-15(16(19)9-13)17(22)20-12-3-6-14(26-2)7-4-12/h3-9,11H,10H2,1-2H3,(H,20,22)/t11-/m1/s1. The van der Waals surface area contributed by atoms with Crippen molar-refractivity contribution >= 4 is 44.8 Å². The molecule has 0 aromatic heterocycles. The van der Waals surface area contributed by atoms with E-state index in [1.807, 2.05) is 0 Å². The molecule has 0 aliphatic carbocycles. The molecule has 1 aliphatic heterocycles. The first-order chi connectivity index (χ1) is 12.7. The second kappa shape index (κ2) is 7.21. The molecular formula is C18H17ClN2O5S. The van der Waals surface area contributed by atoms with Crippen molar-refractivity contribution in [2.45, 2.75) is 6.92 Å². The summed E-state index contributed by atoms with van der Waals surface area (Å²) in [5.74, 6) is -1.18. The number of methoxy groups -OCH3 is 1. The van der Waals surface area contributed by atoms with Gasteiger partial charge in [0.2, 0.25) is 15.9 Å². The van der Waals surface area contributed by atoms with E-state index in [2.05, 4.69) is 5.32 Å². The van der Waals surface area contributed by atoms with Crippen LogP contribution in [0.2, 0.25) is 5.02 Å². The van der Waals surface area contributed by atoms with Gasteiger partial charge in [-0.2, -0.15) is 0 Å². The van der Waals surface area contributed by atoms with Crippen molar-refractivity contribution < 1.29 is 22.7 Å². The smallest absolute Gasteiger partial charge is 0.257 e. The number of hydrogen-bond acceptors (Lipinski definition) is 5. The third-order valence-corrected chi connectivity index (χ3v) is 6.32. The van der Waals surface area contributed by atoms with E-state index in [4.69, 9.17) is 16.3 Å². The van der Waals surface area contributed by atoms with Crippen LogP contribution in [0.4, 0.5) is 11.4 Å². The van der Waals surface area contributed by atoms with Crippen LogP contribution in [0, 0.1) is 5.92 Å². The minimum absolute atomic E-state index is 0.0427. The number of nitrogens with one attached hydrogen (secondary N) is 1. The fraction of sp³-hybridized carbons (Fsp3) is 0.222. The normalized spacial score (nSPS) is 18.4. The molecule has 0 spiro atoms. The highest BCUT2D eigenvalue weighted by molar-refractivity contribution is 7.94. The molecule has 27 heavy (non-hydrogen) atoms. The molecular weight excluding hydrogens is 392 g/mol. The molecule has 1 heterocycles. The van der Waals surface area contributed by atoms with Crippen LogP contribution in [0.5, 0.6) is 5.75 Å². The molecule has 0 unspecified atom stereocenters. The number of halogens is 1. The van der Waals surface area contributed by atoms with E-state index in [1.165, 1.54) is 18.2 Å². The van der Waals surface area contributed by atoms with Crippen LogP contribution in [0.3, 0.4) is 0 Å². The molecule has 1 saturated heterocycles. The molecule has 142 valence electrons. The Morgan fingerprint density at radius 2 is 1.89 bits per heavy atom. The Kier molecular flexibility index (Phi) is 5.12. The molecule has 0 bridgehead atoms. The topological polar surface area (TPSA) is 92.8 Å². The van der Waals surface area contributed by atoms with E-state index in [1.54, 1.807) is 38.3 Å². The van der Waals surface area contributed by atoms with E-state index < -0.39 is 27.8 Å². The van der Waals surface area contributed by atoms with Crippen LogP contribution >= 0.6 is 11.6 Å². The molecule has 2 amide bonds. The molecule has 0 saturated carbocycles. The van der Waals surface area contributed by atoms with E-state index in [0.717, 1.165) is 4.31 Å². The summed E-state index contributed by atoms with van der Waals surface area (Å²) in [5, 5.41) is 2.74. The van der Waals surface area contributed by atoms with E-state index in [-0.39, 0.29) is 22.0 Å². The Morgan fingerprint density at radius 3 is 2.41 bits per heavy atom. The fourth-order valence-electron chi connectivity index (χ4n) is 2.77. The first kappa shape index (κ1) is 19.2. The van der Waals surface area contributed by atoms with Gasteiger partial charge in [0.25, 0.3) is 5.91 Å². The number of carbonyl (C=O) groups excluding carboxylic acids is 2. The Bertz CT molecular complexity index is 1000. The van der Waals surface area contributed by atoms with Crippen molar-refractivity contribution in [3.8, 4) is 5.75 Å². The minimum atomic E-state index is -3.73. The lowest BCUT2D eigenvalue weighted by molar-refractivity contribution is -0.119. The minimum Gasteiger partial charge on any atom is -0.497 e. The molecule has 1 aliphatic rings. The number of rotatable bonds is 4. The Labute approximate surface area is 161 Å². The highest BCUT2D eigenvalue weighted by Gasteiger charge is 2.42. The summed E-state index contributed by atoms with van der Waals surface area (Å²) < 4.78 is 30.2. The zero-order valence-electron chi connectivity index (χ0n) is 14.6. The summed E-state index contributed by atoms with van der Waals surface area (Å²) in [5.41, 5.74) is 0.829. The quantitative estimate of drug-likeness (QED) is 0.839. The molecule has 7 nitrogen and oxygen atoms in total. The number of hydrogen-bond donors (Lipinski definition) is 1. The second-order valence-electron chi connectivity index (χ2n) is 6.13. The van der Waals surface area contributed by atoms with Gasteiger partial charge in [-0.3, -0.25) is 9.59 Å². The lowest BCUT2D eigenvalue weighted by atomic mass is 10.1. The van der Waals surface area contributed by atoms with Crippen molar-refractivity contribution in [3.63, 3.8) is 0 Å². The van der Waals surface area contributed by atoms with Crippen LogP contribution in [-0.2, 0) is 14.8 Å². The van der Waals surface area contributed by atoms with Crippen LogP contribution < -0.4 is 14.4 Å². The van der Waals surface area contributed by atoms with Gasteiger partial charge in [0.1, 0.15) is 5.75 Å². The maximum absolute atomic E-state index is 12.4. The van der Waals surface area contributed by atoms with Gasteiger partial charge in [-0.05, 0) is 42.5 Å². The molecule has 2 aromatic carbocycles. The number of amides is 2. The van der Waals surface area contributed by atoms with Gasteiger partial charge >= 0.3 is 0 Å². The van der Waals surface area contributed by atoms with Crippen molar-refractivity contribution in [2.24, 2.45) is 5.92 Å². The summed E-state index contributed by atoms with van der Waals surface area (Å²) in [7, 11) is -2.19. The van der Waals surface area contributed by atoms with Crippen LogP contribution in [0.15, 0.2) is 42.5 Å². The maximum atomic E-state index is 12.4. The van der Waals surface area contributed by atoms with E-state index in [9.17, 15) is 18.0 Å². The number of carbonyl (C=O) groups is 2. The first-order valence-electron chi connectivity index (χ1n) is 8.05. The number of benzene rings is 2. The number of ether oxygens (including phenoxy) is 1. The van der Waals surface area contributed by atoms with Gasteiger partial charge < -0.3 is 10.1 Å². The fourth-order valence-corrected chi connectivity index (χ4v) is 4.85. The Balaban J connectivity index is 1.84. The lowest BCUT2D eigenvalue weighted by Gasteiger charge is -2.16. The lowest BCUT2D eigenvalue weighted by Crippen LogP contribution is -2.30.